The number of anilines is 2. The molecule has 0 unspecified atom stereocenters. The minimum Gasteiger partial charge on any atom is -0.392 e. The van der Waals surface area contributed by atoms with E-state index in [2.05, 4.69) is 0 Å². The van der Waals surface area contributed by atoms with Crippen molar-refractivity contribution >= 4 is 23.0 Å². The van der Waals surface area contributed by atoms with Crippen molar-refractivity contribution in [3.05, 3.63) is 58.9 Å². The number of nitrogens with zero attached hydrogens (tertiary/aromatic N) is 1. The van der Waals surface area contributed by atoms with Crippen LogP contribution in [0.4, 0.5) is 15.8 Å². The molecule has 100 valence electrons. The third-order valence-electron chi connectivity index (χ3n) is 2.95. The Morgan fingerprint density at radius 2 is 1.95 bits per heavy atom. The lowest BCUT2D eigenvalue weighted by Crippen LogP contribution is -2.18. The molecule has 0 heterocycles. The summed E-state index contributed by atoms with van der Waals surface area (Å²) in [6, 6.07) is 11.7. The van der Waals surface area contributed by atoms with Gasteiger partial charge in [-0.25, -0.2) is 4.39 Å². The minimum absolute atomic E-state index is 0.109. The predicted molar refractivity (Wildman–Crippen MR) is 76.5 cm³/mol. The summed E-state index contributed by atoms with van der Waals surface area (Å²) in [4.78, 5) is 1.89. The fraction of sp³-hybridized carbons (Fsp3) is 0.200. The molecule has 0 amide bonds. The van der Waals surface area contributed by atoms with Crippen molar-refractivity contribution < 1.29 is 9.50 Å². The Labute approximate surface area is 117 Å². The first-order chi connectivity index (χ1) is 9.17. The van der Waals surface area contributed by atoms with Crippen molar-refractivity contribution in [2.24, 2.45) is 0 Å². The third-order valence-corrected chi connectivity index (χ3v) is 3.25. The molecule has 2 aromatic carbocycles. The van der Waals surface area contributed by atoms with Crippen molar-refractivity contribution in [2.45, 2.75) is 13.5 Å². The Balaban J connectivity index is 2.54. The van der Waals surface area contributed by atoms with Gasteiger partial charge in [0.05, 0.1) is 17.3 Å². The van der Waals surface area contributed by atoms with E-state index in [1.165, 1.54) is 12.1 Å². The fourth-order valence-corrected chi connectivity index (χ4v) is 2.40. The second kappa shape index (κ2) is 6.04. The van der Waals surface area contributed by atoms with E-state index in [1.54, 1.807) is 18.2 Å². The van der Waals surface area contributed by atoms with Crippen molar-refractivity contribution in [3.8, 4) is 0 Å². The number of rotatable bonds is 4. The molecule has 2 aromatic rings. The number of aliphatic hydroxyl groups excluding tert-OH is 1. The van der Waals surface area contributed by atoms with Crippen LogP contribution in [0.1, 0.15) is 12.5 Å². The number of para-hydroxylation sites is 1. The van der Waals surface area contributed by atoms with Gasteiger partial charge < -0.3 is 10.0 Å². The van der Waals surface area contributed by atoms with Gasteiger partial charge in [-0.2, -0.15) is 0 Å². The number of aliphatic hydroxyl groups is 1. The standard InChI is InChI=1S/C15H15ClFNO/c1-2-18(13-7-4-6-12(17)9-13)15-11(10-19)5-3-8-14(15)16/h3-9,19H,2,10H2,1H3. The molecule has 0 spiro atoms. The molecule has 0 aliphatic heterocycles. The Hall–Kier alpha value is -1.58. The lowest BCUT2D eigenvalue weighted by atomic mass is 10.1. The van der Waals surface area contributed by atoms with Crippen LogP contribution in [-0.4, -0.2) is 11.7 Å². The van der Waals surface area contributed by atoms with Gasteiger partial charge in [-0.3, -0.25) is 0 Å². The Bertz CT molecular complexity index is 574. The van der Waals surface area contributed by atoms with Gasteiger partial charge in [-0.15, -0.1) is 0 Å². The number of halogens is 2. The topological polar surface area (TPSA) is 23.5 Å². The molecule has 0 atom stereocenters. The maximum absolute atomic E-state index is 13.4. The number of hydrogen-bond donors (Lipinski definition) is 1. The highest BCUT2D eigenvalue weighted by Crippen LogP contribution is 2.35. The molecule has 0 saturated heterocycles. The molecule has 0 aromatic heterocycles. The Morgan fingerprint density at radius 3 is 2.58 bits per heavy atom. The van der Waals surface area contributed by atoms with Crippen molar-refractivity contribution in [1.29, 1.82) is 0 Å². The summed E-state index contributed by atoms with van der Waals surface area (Å²) in [5.41, 5.74) is 2.16. The van der Waals surface area contributed by atoms with E-state index in [0.717, 1.165) is 11.3 Å². The van der Waals surface area contributed by atoms with Gasteiger partial charge in [0.15, 0.2) is 0 Å². The van der Waals surface area contributed by atoms with Gasteiger partial charge >= 0.3 is 0 Å². The van der Waals surface area contributed by atoms with E-state index >= 15 is 0 Å². The van der Waals surface area contributed by atoms with Crippen LogP contribution >= 0.6 is 11.6 Å². The lowest BCUT2D eigenvalue weighted by molar-refractivity contribution is 0.282. The molecular weight excluding hydrogens is 265 g/mol. The Kier molecular flexibility index (Phi) is 4.40. The van der Waals surface area contributed by atoms with Crippen LogP contribution < -0.4 is 4.90 Å². The normalized spacial score (nSPS) is 10.5. The smallest absolute Gasteiger partial charge is 0.125 e. The van der Waals surface area contributed by atoms with Crippen LogP contribution in [0.2, 0.25) is 5.02 Å². The molecule has 1 N–H and O–H groups in total. The molecule has 19 heavy (non-hydrogen) atoms. The average Bonchev–Trinajstić information content (AvgIpc) is 2.41. The number of benzene rings is 2. The van der Waals surface area contributed by atoms with Crippen LogP contribution in [0.5, 0.6) is 0 Å². The molecule has 0 aliphatic rings. The summed E-state index contributed by atoms with van der Waals surface area (Å²) in [6.07, 6.45) is 0. The quantitative estimate of drug-likeness (QED) is 0.910. The average molecular weight is 280 g/mol. The van der Waals surface area contributed by atoms with E-state index in [1.807, 2.05) is 24.0 Å². The third kappa shape index (κ3) is 2.88. The van der Waals surface area contributed by atoms with E-state index in [0.29, 0.717) is 17.3 Å². The van der Waals surface area contributed by atoms with Crippen LogP contribution in [0.3, 0.4) is 0 Å². The molecule has 2 rings (SSSR count). The van der Waals surface area contributed by atoms with Crippen LogP contribution in [-0.2, 0) is 6.61 Å². The van der Waals surface area contributed by atoms with Crippen LogP contribution in [0.25, 0.3) is 0 Å². The second-order valence-electron chi connectivity index (χ2n) is 4.13. The largest absolute Gasteiger partial charge is 0.392 e. The van der Waals surface area contributed by atoms with E-state index in [9.17, 15) is 9.50 Å². The van der Waals surface area contributed by atoms with Crippen molar-refractivity contribution in [1.82, 2.24) is 0 Å². The van der Waals surface area contributed by atoms with Crippen LogP contribution in [0, 0.1) is 5.82 Å². The second-order valence-corrected chi connectivity index (χ2v) is 4.54. The van der Waals surface area contributed by atoms with Gasteiger partial charge in [0, 0.05) is 17.8 Å². The zero-order valence-electron chi connectivity index (χ0n) is 10.6. The van der Waals surface area contributed by atoms with Crippen LogP contribution in [0.15, 0.2) is 42.5 Å². The predicted octanol–water partition coefficient (Wildman–Crippen LogP) is 4.13. The Morgan fingerprint density at radius 1 is 1.21 bits per heavy atom. The molecule has 0 radical (unpaired) electrons. The highest BCUT2D eigenvalue weighted by Gasteiger charge is 2.15. The zero-order chi connectivity index (χ0) is 13.8. The molecule has 0 saturated carbocycles. The summed E-state index contributed by atoms with van der Waals surface area (Å²) < 4.78 is 13.4. The first kappa shape index (κ1) is 13.8. The molecule has 2 nitrogen and oxygen atoms in total. The van der Waals surface area contributed by atoms with Gasteiger partial charge in [-0.1, -0.05) is 29.8 Å². The molecule has 0 aliphatic carbocycles. The molecule has 0 fully saturated rings. The molecular formula is C15H15ClFNO. The maximum atomic E-state index is 13.4. The summed E-state index contributed by atoms with van der Waals surface area (Å²) in [5, 5.41) is 9.97. The van der Waals surface area contributed by atoms with E-state index < -0.39 is 0 Å². The van der Waals surface area contributed by atoms with Gasteiger partial charge in [0.2, 0.25) is 0 Å². The summed E-state index contributed by atoms with van der Waals surface area (Å²) in [5.74, 6) is -0.298. The van der Waals surface area contributed by atoms with Gasteiger partial charge in [0.1, 0.15) is 5.82 Å². The number of hydrogen-bond acceptors (Lipinski definition) is 2. The minimum atomic E-state index is -0.298. The van der Waals surface area contributed by atoms with Crippen molar-refractivity contribution in [3.63, 3.8) is 0 Å². The highest BCUT2D eigenvalue weighted by atomic mass is 35.5. The van der Waals surface area contributed by atoms with E-state index in [-0.39, 0.29) is 12.4 Å². The summed E-state index contributed by atoms with van der Waals surface area (Å²) in [7, 11) is 0. The SMILES string of the molecule is CCN(c1cccc(F)c1)c1c(Cl)cccc1CO. The van der Waals surface area contributed by atoms with Gasteiger partial charge in [0.25, 0.3) is 0 Å². The maximum Gasteiger partial charge on any atom is 0.125 e. The van der Waals surface area contributed by atoms with Crippen molar-refractivity contribution in [2.75, 3.05) is 11.4 Å². The summed E-state index contributed by atoms with van der Waals surface area (Å²) >= 11 is 6.22. The summed E-state index contributed by atoms with van der Waals surface area (Å²) in [6.45, 7) is 2.47. The first-order valence-corrected chi connectivity index (χ1v) is 6.46. The monoisotopic (exact) mass is 279 g/mol. The first-order valence-electron chi connectivity index (χ1n) is 6.08. The molecule has 0 bridgehead atoms. The highest BCUT2D eigenvalue weighted by molar-refractivity contribution is 6.33. The molecule has 4 heteroatoms. The van der Waals surface area contributed by atoms with E-state index in [4.69, 9.17) is 11.6 Å². The van der Waals surface area contributed by atoms with Gasteiger partial charge in [-0.05, 0) is 31.2 Å². The fourth-order valence-electron chi connectivity index (χ4n) is 2.10. The zero-order valence-corrected chi connectivity index (χ0v) is 11.4. The lowest BCUT2D eigenvalue weighted by Gasteiger charge is -2.26.